The summed E-state index contributed by atoms with van der Waals surface area (Å²) in [5, 5.41) is 7.07. The predicted octanol–water partition coefficient (Wildman–Crippen LogP) is 2.77. The average Bonchev–Trinajstić information content (AvgIpc) is 2.80. The van der Waals surface area contributed by atoms with Crippen molar-refractivity contribution in [3.8, 4) is 0 Å². The number of carbonyl (C=O) groups excluding carboxylic acids is 2. The van der Waals surface area contributed by atoms with Crippen molar-refractivity contribution in [1.82, 2.24) is 10.3 Å². The van der Waals surface area contributed by atoms with Crippen molar-refractivity contribution in [1.29, 1.82) is 0 Å². The van der Waals surface area contributed by atoms with Gasteiger partial charge in [-0.3, -0.25) is 4.79 Å². The molecule has 2 aromatic carbocycles. The van der Waals surface area contributed by atoms with E-state index in [-0.39, 0.29) is 5.56 Å². The predicted molar refractivity (Wildman–Crippen MR) is 83.1 cm³/mol. The van der Waals surface area contributed by atoms with Crippen molar-refractivity contribution < 1.29 is 18.4 Å². The molecule has 2 aromatic rings. The molecule has 0 bridgehead atoms. The van der Waals surface area contributed by atoms with Crippen LogP contribution in [-0.4, -0.2) is 23.2 Å². The van der Waals surface area contributed by atoms with Gasteiger partial charge in [0.25, 0.3) is 5.91 Å². The highest BCUT2D eigenvalue weighted by molar-refractivity contribution is 6.07. The van der Waals surface area contributed by atoms with Crippen LogP contribution in [0.5, 0.6) is 0 Å². The number of hydrogen-bond donors (Lipinski definition) is 1. The molecule has 0 radical (unpaired) electrons. The van der Waals surface area contributed by atoms with Gasteiger partial charge in [0.15, 0.2) is 11.6 Å². The summed E-state index contributed by atoms with van der Waals surface area (Å²) < 4.78 is 26.1. The lowest BCUT2D eigenvalue weighted by atomic mass is 9.92. The third kappa shape index (κ3) is 2.64. The number of halogens is 2. The number of hydrazone groups is 1. The molecule has 5 nitrogen and oxygen atoms in total. The Kier molecular flexibility index (Phi) is 3.84. The van der Waals surface area contributed by atoms with Gasteiger partial charge in [-0.2, -0.15) is 5.10 Å². The van der Waals surface area contributed by atoms with E-state index in [9.17, 15) is 18.4 Å². The Morgan fingerprint density at radius 1 is 1.08 bits per heavy atom. The zero-order chi connectivity index (χ0) is 17.3. The molecule has 0 aliphatic carbocycles. The number of nitrogens with one attached hydrogen (secondary N) is 1. The molecule has 0 spiro atoms. The lowest BCUT2D eigenvalue weighted by molar-refractivity contribution is -0.131. The zero-order valence-electron chi connectivity index (χ0n) is 12.7. The SMILES string of the molecule is C[C@@]1(c2ccccc2)NC(=O)N(/N=C\c2ccc(F)c(F)c2)C1=O. The third-order valence-corrected chi connectivity index (χ3v) is 3.79. The van der Waals surface area contributed by atoms with Gasteiger partial charge in [0.2, 0.25) is 0 Å². The van der Waals surface area contributed by atoms with Crippen molar-refractivity contribution in [2.45, 2.75) is 12.5 Å². The summed E-state index contributed by atoms with van der Waals surface area (Å²) in [6, 6.07) is 11.2. The Balaban J connectivity index is 1.87. The van der Waals surface area contributed by atoms with Crippen LogP contribution in [0.15, 0.2) is 53.6 Å². The molecule has 1 N–H and O–H groups in total. The highest BCUT2D eigenvalue weighted by atomic mass is 19.2. The lowest BCUT2D eigenvalue weighted by Crippen LogP contribution is -2.40. The first-order valence-electron chi connectivity index (χ1n) is 7.13. The molecular weight excluding hydrogens is 316 g/mol. The summed E-state index contributed by atoms with van der Waals surface area (Å²) in [7, 11) is 0. The van der Waals surface area contributed by atoms with Crippen LogP contribution in [-0.2, 0) is 10.3 Å². The molecule has 0 unspecified atom stereocenters. The van der Waals surface area contributed by atoms with Crippen LogP contribution >= 0.6 is 0 Å². The van der Waals surface area contributed by atoms with Crippen LogP contribution < -0.4 is 5.32 Å². The van der Waals surface area contributed by atoms with Gasteiger partial charge in [0.05, 0.1) is 6.21 Å². The summed E-state index contributed by atoms with van der Waals surface area (Å²) in [5.41, 5.74) is -0.388. The van der Waals surface area contributed by atoms with Gasteiger partial charge in [0.1, 0.15) is 5.54 Å². The van der Waals surface area contributed by atoms with E-state index >= 15 is 0 Å². The van der Waals surface area contributed by atoms with Crippen LogP contribution in [0.25, 0.3) is 0 Å². The molecule has 0 saturated carbocycles. The Morgan fingerprint density at radius 3 is 2.46 bits per heavy atom. The minimum Gasteiger partial charge on any atom is -0.318 e. The molecule has 1 heterocycles. The molecule has 1 atom stereocenters. The summed E-state index contributed by atoms with van der Waals surface area (Å²) in [6.07, 6.45) is 1.12. The normalized spacial score (nSPS) is 20.7. The number of hydrogen-bond acceptors (Lipinski definition) is 3. The summed E-state index contributed by atoms with van der Waals surface area (Å²) >= 11 is 0. The molecule has 0 aromatic heterocycles. The van der Waals surface area contributed by atoms with E-state index in [1.54, 1.807) is 37.3 Å². The minimum absolute atomic E-state index is 0.225. The fourth-order valence-electron chi connectivity index (χ4n) is 2.41. The molecule has 3 amide bonds. The number of urea groups is 1. The third-order valence-electron chi connectivity index (χ3n) is 3.79. The molecule has 3 rings (SSSR count). The van der Waals surface area contributed by atoms with E-state index in [1.165, 1.54) is 6.07 Å². The largest absolute Gasteiger partial charge is 0.346 e. The van der Waals surface area contributed by atoms with Gasteiger partial charge < -0.3 is 5.32 Å². The zero-order valence-corrected chi connectivity index (χ0v) is 12.7. The number of nitrogens with zero attached hydrogens (tertiary/aromatic N) is 2. The Labute approximate surface area is 136 Å². The van der Waals surface area contributed by atoms with Crippen LogP contribution in [0.1, 0.15) is 18.1 Å². The highest BCUT2D eigenvalue weighted by Gasteiger charge is 2.49. The van der Waals surface area contributed by atoms with Gasteiger partial charge >= 0.3 is 6.03 Å². The first kappa shape index (κ1) is 15.8. The highest BCUT2D eigenvalue weighted by Crippen LogP contribution is 2.28. The van der Waals surface area contributed by atoms with Crippen LogP contribution in [0.3, 0.4) is 0 Å². The summed E-state index contributed by atoms with van der Waals surface area (Å²) in [6.45, 7) is 1.58. The Hall–Kier alpha value is -3.09. The fraction of sp³-hybridized carbons (Fsp3) is 0.118. The maximum Gasteiger partial charge on any atom is 0.346 e. The molecule has 122 valence electrons. The topological polar surface area (TPSA) is 61.8 Å². The van der Waals surface area contributed by atoms with E-state index < -0.39 is 29.1 Å². The number of rotatable bonds is 3. The van der Waals surface area contributed by atoms with Gasteiger partial charge in [-0.1, -0.05) is 36.4 Å². The van der Waals surface area contributed by atoms with E-state index in [4.69, 9.17) is 0 Å². The van der Waals surface area contributed by atoms with Crippen molar-refractivity contribution in [3.05, 3.63) is 71.3 Å². The van der Waals surface area contributed by atoms with E-state index in [1.807, 2.05) is 0 Å². The monoisotopic (exact) mass is 329 g/mol. The quantitative estimate of drug-likeness (QED) is 0.695. The first-order chi connectivity index (χ1) is 11.4. The second-order valence-corrected chi connectivity index (χ2v) is 5.46. The van der Waals surface area contributed by atoms with E-state index in [0.29, 0.717) is 10.6 Å². The second-order valence-electron chi connectivity index (χ2n) is 5.46. The smallest absolute Gasteiger partial charge is 0.318 e. The molecule has 1 fully saturated rings. The number of imide groups is 1. The fourth-order valence-corrected chi connectivity index (χ4v) is 2.41. The van der Waals surface area contributed by atoms with Crippen molar-refractivity contribution in [2.24, 2.45) is 5.10 Å². The lowest BCUT2D eigenvalue weighted by Gasteiger charge is -2.20. The van der Waals surface area contributed by atoms with Gasteiger partial charge in [-0.15, -0.1) is 5.01 Å². The standard InChI is InChI=1S/C17H13F2N3O2/c1-17(12-5-3-2-4-6-12)15(23)22(16(24)21-17)20-10-11-7-8-13(18)14(19)9-11/h2-10H,1H3,(H,21,24)/b20-10-/t17-/m0/s1. The molecule has 1 aliphatic rings. The molecule has 1 aliphatic heterocycles. The molecule has 24 heavy (non-hydrogen) atoms. The molecular formula is C17H13F2N3O2. The number of benzene rings is 2. The Bertz CT molecular complexity index is 839. The summed E-state index contributed by atoms with van der Waals surface area (Å²) in [5.74, 6) is -2.58. The van der Waals surface area contributed by atoms with E-state index in [2.05, 4.69) is 10.4 Å². The van der Waals surface area contributed by atoms with Crippen molar-refractivity contribution in [3.63, 3.8) is 0 Å². The van der Waals surface area contributed by atoms with Gasteiger partial charge in [0, 0.05) is 0 Å². The maximum atomic E-state index is 13.2. The number of amides is 3. The second kappa shape index (κ2) is 5.84. The summed E-state index contributed by atoms with van der Waals surface area (Å²) in [4.78, 5) is 24.6. The van der Waals surface area contributed by atoms with Crippen LogP contribution in [0.4, 0.5) is 13.6 Å². The average molecular weight is 329 g/mol. The maximum absolute atomic E-state index is 13.2. The van der Waals surface area contributed by atoms with Gasteiger partial charge in [-0.25, -0.2) is 13.6 Å². The molecule has 1 saturated heterocycles. The van der Waals surface area contributed by atoms with Gasteiger partial charge in [-0.05, 0) is 30.2 Å². The van der Waals surface area contributed by atoms with Crippen molar-refractivity contribution in [2.75, 3.05) is 0 Å². The number of carbonyl (C=O) groups is 2. The minimum atomic E-state index is -1.23. The molecule has 7 heteroatoms. The Morgan fingerprint density at radius 2 is 1.79 bits per heavy atom. The van der Waals surface area contributed by atoms with E-state index in [0.717, 1.165) is 18.3 Å². The first-order valence-corrected chi connectivity index (χ1v) is 7.13. The van der Waals surface area contributed by atoms with Crippen LogP contribution in [0, 0.1) is 11.6 Å². The van der Waals surface area contributed by atoms with Crippen molar-refractivity contribution >= 4 is 18.2 Å². The van der Waals surface area contributed by atoms with Crippen LogP contribution in [0.2, 0.25) is 0 Å².